The van der Waals surface area contributed by atoms with Gasteiger partial charge in [-0.1, -0.05) is 6.58 Å². The predicted molar refractivity (Wildman–Crippen MR) is 79.1 cm³/mol. The number of rotatable bonds is 6. The Morgan fingerprint density at radius 2 is 1.86 bits per heavy atom. The van der Waals surface area contributed by atoms with Gasteiger partial charge >= 0.3 is 13.6 Å². The Hall–Kier alpha value is -0.680. The van der Waals surface area contributed by atoms with Crippen LogP contribution in [0.15, 0.2) is 12.2 Å². The minimum Gasteiger partial charge on any atom is -0.457 e. The maximum Gasteiger partial charge on any atom is 0.374 e. The zero-order valence-electron chi connectivity index (χ0n) is 13.4. The molecule has 0 radical (unpaired) electrons. The zero-order valence-corrected chi connectivity index (χ0v) is 14.3. The number of ether oxygens (including phenoxy) is 2. The van der Waals surface area contributed by atoms with Gasteiger partial charge in [0.15, 0.2) is 0 Å². The minimum absolute atomic E-state index is 0.0686. The van der Waals surface area contributed by atoms with Crippen LogP contribution in [0.25, 0.3) is 0 Å². The molecule has 7 heteroatoms. The van der Waals surface area contributed by atoms with Crippen molar-refractivity contribution in [1.82, 2.24) is 0 Å². The van der Waals surface area contributed by atoms with E-state index in [9.17, 15) is 9.36 Å². The molecule has 0 aliphatic carbocycles. The van der Waals surface area contributed by atoms with Gasteiger partial charge in [0.25, 0.3) is 5.34 Å². The summed E-state index contributed by atoms with van der Waals surface area (Å²) in [5, 5.41) is -1.76. The second kappa shape index (κ2) is 6.61. The lowest BCUT2D eigenvalue weighted by Gasteiger charge is -2.34. The predicted octanol–water partition coefficient (Wildman–Crippen LogP) is 3.27. The lowest BCUT2D eigenvalue weighted by molar-refractivity contribution is -0.171. The van der Waals surface area contributed by atoms with Crippen molar-refractivity contribution in [1.29, 1.82) is 0 Å². The molecule has 1 atom stereocenters. The molecule has 0 amide bonds. The standard InChI is InChI=1S/C14H25O6P/c1-7-18-21(16,19-8-2)14(9-11(3)10-17-14)12(15)20-13(4,5)6/h3,7-10H2,1-2,4-6H3. The van der Waals surface area contributed by atoms with Gasteiger partial charge in [0, 0.05) is 6.42 Å². The fraction of sp³-hybridized carbons (Fsp3) is 0.786. The van der Waals surface area contributed by atoms with Crippen LogP contribution >= 0.6 is 7.60 Å². The summed E-state index contributed by atoms with van der Waals surface area (Å²) in [6.07, 6.45) is 0.0686. The number of hydrogen-bond acceptors (Lipinski definition) is 6. The Kier molecular flexibility index (Phi) is 5.78. The Bertz CT molecular complexity index is 443. The van der Waals surface area contributed by atoms with Crippen LogP contribution in [0.1, 0.15) is 41.0 Å². The zero-order chi connectivity index (χ0) is 16.3. The van der Waals surface area contributed by atoms with E-state index in [0.717, 1.165) is 0 Å². The molecule has 0 bridgehead atoms. The van der Waals surface area contributed by atoms with Gasteiger partial charge in [0.05, 0.1) is 19.8 Å². The fourth-order valence-corrected chi connectivity index (χ4v) is 4.11. The highest BCUT2D eigenvalue weighted by Gasteiger charge is 2.63. The number of carbonyl (C=O) groups is 1. The second-order valence-electron chi connectivity index (χ2n) is 5.83. The van der Waals surface area contributed by atoms with E-state index in [1.807, 2.05) is 0 Å². The van der Waals surface area contributed by atoms with Crippen LogP contribution < -0.4 is 0 Å². The third kappa shape index (κ3) is 3.95. The maximum absolute atomic E-state index is 13.1. The van der Waals surface area contributed by atoms with Gasteiger partial charge in [-0.2, -0.15) is 0 Å². The Morgan fingerprint density at radius 3 is 2.19 bits per heavy atom. The van der Waals surface area contributed by atoms with Crippen LogP contribution in [0.2, 0.25) is 0 Å². The molecule has 0 spiro atoms. The average Bonchev–Trinajstić information content (AvgIpc) is 2.71. The molecule has 1 fully saturated rings. The molecule has 1 heterocycles. The van der Waals surface area contributed by atoms with E-state index in [0.29, 0.717) is 5.57 Å². The summed E-state index contributed by atoms with van der Waals surface area (Å²) in [5.74, 6) is -0.737. The molecule has 21 heavy (non-hydrogen) atoms. The Balaban J connectivity index is 3.23. The van der Waals surface area contributed by atoms with Gasteiger partial charge in [0.1, 0.15) is 5.60 Å². The lowest BCUT2D eigenvalue weighted by atomic mass is 10.1. The second-order valence-corrected chi connectivity index (χ2v) is 8.07. The highest BCUT2D eigenvalue weighted by molar-refractivity contribution is 7.56. The van der Waals surface area contributed by atoms with Crippen molar-refractivity contribution in [2.45, 2.75) is 52.0 Å². The molecule has 1 rings (SSSR count). The first-order valence-electron chi connectivity index (χ1n) is 7.03. The summed E-state index contributed by atoms with van der Waals surface area (Å²) < 4.78 is 34.6. The maximum atomic E-state index is 13.1. The van der Waals surface area contributed by atoms with Crippen LogP contribution in [0.5, 0.6) is 0 Å². The normalized spacial score (nSPS) is 23.4. The number of hydrogen-bond donors (Lipinski definition) is 0. The number of carbonyl (C=O) groups excluding carboxylic acids is 1. The molecule has 0 saturated carbocycles. The van der Waals surface area contributed by atoms with Crippen LogP contribution in [-0.2, 0) is 27.9 Å². The minimum atomic E-state index is -3.84. The van der Waals surface area contributed by atoms with Crippen molar-refractivity contribution in [3.8, 4) is 0 Å². The molecule has 6 nitrogen and oxygen atoms in total. The first-order valence-corrected chi connectivity index (χ1v) is 8.57. The third-order valence-electron chi connectivity index (χ3n) is 2.76. The number of esters is 1. The van der Waals surface area contributed by atoms with Gasteiger partial charge in [-0.05, 0) is 40.2 Å². The first-order chi connectivity index (χ1) is 9.60. The van der Waals surface area contributed by atoms with E-state index < -0.39 is 24.5 Å². The molecule has 1 aliphatic heterocycles. The van der Waals surface area contributed by atoms with E-state index in [2.05, 4.69) is 6.58 Å². The summed E-state index contributed by atoms with van der Waals surface area (Å²) in [7, 11) is -3.84. The molecule has 122 valence electrons. The van der Waals surface area contributed by atoms with Crippen molar-refractivity contribution >= 4 is 13.6 Å². The monoisotopic (exact) mass is 320 g/mol. The summed E-state index contributed by atoms with van der Waals surface area (Å²) in [5.41, 5.74) is -0.0823. The van der Waals surface area contributed by atoms with E-state index in [4.69, 9.17) is 18.5 Å². The largest absolute Gasteiger partial charge is 0.457 e. The van der Waals surface area contributed by atoms with Crippen LogP contribution in [0.4, 0.5) is 0 Å². The van der Waals surface area contributed by atoms with Gasteiger partial charge in [-0.25, -0.2) is 4.79 Å². The molecule has 0 aromatic heterocycles. The molecule has 0 N–H and O–H groups in total. The topological polar surface area (TPSA) is 71.1 Å². The van der Waals surface area contributed by atoms with Gasteiger partial charge in [-0.15, -0.1) is 0 Å². The summed E-state index contributed by atoms with van der Waals surface area (Å²) in [4.78, 5) is 12.6. The van der Waals surface area contributed by atoms with E-state index >= 15 is 0 Å². The first kappa shape index (κ1) is 18.4. The van der Waals surface area contributed by atoms with Gasteiger partial charge < -0.3 is 18.5 Å². The summed E-state index contributed by atoms with van der Waals surface area (Å²) in [6.45, 7) is 12.7. The van der Waals surface area contributed by atoms with Gasteiger partial charge in [-0.3, -0.25) is 4.57 Å². The highest BCUT2D eigenvalue weighted by Crippen LogP contribution is 2.65. The van der Waals surface area contributed by atoms with Crippen molar-refractivity contribution in [3.63, 3.8) is 0 Å². The van der Waals surface area contributed by atoms with Crippen LogP contribution in [0.3, 0.4) is 0 Å². The van der Waals surface area contributed by atoms with Crippen molar-refractivity contribution in [2.24, 2.45) is 0 Å². The summed E-state index contributed by atoms with van der Waals surface area (Å²) in [6, 6.07) is 0. The Morgan fingerprint density at radius 1 is 1.33 bits per heavy atom. The molecule has 1 unspecified atom stereocenters. The molecule has 0 aromatic carbocycles. The van der Waals surface area contributed by atoms with Gasteiger partial charge in [0.2, 0.25) is 0 Å². The average molecular weight is 320 g/mol. The molecular formula is C14H25O6P. The SMILES string of the molecule is C=C1COC(C(=O)OC(C)(C)C)(P(=O)(OCC)OCC)C1. The molecule has 0 aromatic rings. The lowest BCUT2D eigenvalue weighted by Crippen LogP contribution is -2.44. The quantitative estimate of drug-likeness (QED) is 0.425. The molecule has 1 saturated heterocycles. The smallest absolute Gasteiger partial charge is 0.374 e. The third-order valence-corrected chi connectivity index (χ3v) is 5.31. The summed E-state index contributed by atoms with van der Waals surface area (Å²) >= 11 is 0. The van der Waals surface area contributed by atoms with Crippen molar-refractivity contribution in [2.75, 3.05) is 19.8 Å². The van der Waals surface area contributed by atoms with Crippen LogP contribution in [-0.4, -0.2) is 36.7 Å². The highest BCUT2D eigenvalue weighted by atomic mass is 31.2. The van der Waals surface area contributed by atoms with E-state index in [-0.39, 0.29) is 26.2 Å². The van der Waals surface area contributed by atoms with Crippen molar-refractivity contribution < 1.29 is 27.9 Å². The van der Waals surface area contributed by atoms with E-state index in [1.165, 1.54) is 0 Å². The van der Waals surface area contributed by atoms with Crippen molar-refractivity contribution in [3.05, 3.63) is 12.2 Å². The van der Waals surface area contributed by atoms with Crippen LogP contribution in [0, 0.1) is 0 Å². The molecule has 1 aliphatic rings. The fourth-order valence-electron chi connectivity index (χ4n) is 2.02. The molecular weight excluding hydrogens is 295 g/mol. The Labute approximate surface area is 126 Å². The van der Waals surface area contributed by atoms with E-state index in [1.54, 1.807) is 34.6 Å².